The van der Waals surface area contributed by atoms with E-state index in [2.05, 4.69) is 35.9 Å². The second-order valence-corrected chi connectivity index (χ2v) is 4.07. The molecule has 1 rings (SSSR count). The topological polar surface area (TPSA) is 6.48 Å². The number of unbranched alkanes of at least 4 members (excludes halogenated alkanes) is 3. The first kappa shape index (κ1) is 11.6. The number of hydrogen-bond donors (Lipinski definition) is 0. The molecule has 0 spiro atoms. The molecule has 1 heterocycles. The predicted octanol–water partition coefficient (Wildman–Crippen LogP) is 2.68. The van der Waals surface area contributed by atoms with Gasteiger partial charge in [0.05, 0.1) is 6.67 Å². The van der Waals surface area contributed by atoms with E-state index in [1.165, 1.54) is 32.2 Å². The summed E-state index contributed by atoms with van der Waals surface area (Å²) in [5, 5.41) is 0. The third-order valence-electron chi connectivity index (χ3n) is 2.80. The van der Waals surface area contributed by atoms with E-state index in [1.54, 1.807) is 0 Å². The minimum Gasteiger partial charge on any atom is -0.365 e. The molecule has 0 bridgehead atoms. The number of nitrogens with zero attached hydrogens (tertiary/aromatic N) is 2. The minimum atomic E-state index is 1.12. The molecule has 0 aliphatic carbocycles. The van der Waals surface area contributed by atoms with E-state index in [0.29, 0.717) is 0 Å². The van der Waals surface area contributed by atoms with Gasteiger partial charge in [0.2, 0.25) is 0 Å². The normalized spacial score (nSPS) is 17.7. The number of rotatable bonds is 6. The summed E-state index contributed by atoms with van der Waals surface area (Å²) in [5.74, 6) is 0. The van der Waals surface area contributed by atoms with Crippen molar-refractivity contribution in [2.24, 2.45) is 0 Å². The van der Waals surface area contributed by atoms with Crippen molar-refractivity contribution in [1.29, 1.82) is 0 Å². The summed E-state index contributed by atoms with van der Waals surface area (Å²) in [5.41, 5.74) is 0. The van der Waals surface area contributed by atoms with Gasteiger partial charge in [-0.05, 0) is 19.5 Å². The third-order valence-corrected chi connectivity index (χ3v) is 2.80. The summed E-state index contributed by atoms with van der Waals surface area (Å²) in [6.45, 7) is 9.14. The van der Waals surface area contributed by atoms with Gasteiger partial charge in [-0.2, -0.15) is 0 Å². The van der Waals surface area contributed by atoms with E-state index in [9.17, 15) is 0 Å². The molecule has 1 aliphatic rings. The lowest BCUT2D eigenvalue weighted by molar-refractivity contribution is 0.171. The lowest BCUT2D eigenvalue weighted by Crippen LogP contribution is -2.38. The molecule has 0 radical (unpaired) electrons. The minimum absolute atomic E-state index is 1.12. The molecule has 0 saturated carbocycles. The summed E-state index contributed by atoms with van der Waals surface area (Å²) >= 11 is 0. The Bertz CT molecular complexity index is 166. The zero-order valence-corrected chi connectivity index (χ0v) is 9.71. The Balaban J connectivity index is 2.10. The molecule has 0 aromatic rings. The van der Waals surface area contributed by atoms with Crippen molar-refractivity contribution in [2.75, 3.05) is 26.3 Å². The summed E-state index contributed by atoms with van der Waals surface area (Å²) in [6.07, 6.45) is 9.97. The van der Waals surface area contributed by atoms with Gasteiger partial charge in [-0.1, -0.05) is 32.3 Å². The molecule has 14 heavy (non-hydrogen) atoms. The van der Waals surface area contributed by atoms with E-state index in [0.717, 1.165) is 19.8 Å². The molecule has 0 N–H and O–H groups in total. The highest BCUT2D eigenvalue weighted by Crippen LogP contribution is 2.06. The molecule has 1 aliphatic heterocycles. The van der Waals surface area contributed by atoms with Crippen molar-refractivity contribution in [3.63, 3.8) is 0 Å². The van der Waals surface area contributed by atoms with E-state index in [1.807, 2.05) is 0 Å². The lowest BCUT2D eigenvalue weighted by Gasteiger charge is -2.31. The molecule has 0 amide bonds. The average molecular weight is 196 g/mol. The van der Waals surface area contributed by atoms with Crippen LogP contribution in [0.4, 0.5) is 0 Å². The summed E-state index contributed by atoms with van der Waals surface area (Å²) in [4.78, 5) is 4.89. The van der Waals surface area contributed by atoms with Crippen LogP contribution in [0.5, 0.6) is 0 Å². The van der Waals surface area contributed by atoms with Crippen LogP contribution in [0.25, 0.3) is 0 Å². The van der Waals surface area contributed by atoms with Gasteiger partial charge in [-0.3, -0.25) is 4.90 Å². The predicted molar refractivity (Wildman–Crippen MR) is 62.1 cm³/mol. The van der Waals surface area contributed by atoms with Crippen LogP contribution in [-0.4, -0.2) is 36.1 Å². The van der Waals surface area contributed by atoms with Gasteiger partial charge in [0.15, 0.2) is 0 Å². The van der Waals surface area contributed by atoms with E-state index >= 15 is 0 Å². The van der Waals surface area contributed by atoms with Crippen LogP contribution in [0.3, 0.4) is 0 Å². The smallest absolute Gasteiger partial charge is 0.0703 e. The van der Waals surface area contributed by atoms with Crippen molar-refractivity contribution >= 4 is 0 Å². The molecular formula is C12H24N2. The van der Waals surface area contributed by atoms with Gasteiger partial charge in [0.25, 0.3) is 0 Å². The highest BCUT2D eigenvalue weighted by Gasteiger charge is 2.09. The maximum Gasteiger partial charge on any atom is 0.0703 e. The Morgan fingerprint density at radius 1 is 1.14 bits per heavy atom. The fourth-order valence-corrected chi connectivity index (χ4v) is 1.84. The quantitative estimate of drug-likeness (QED) is 0.603. The SMILES string of the molecule is CCCCCCN1CC=CN(CC)C1. The van der Waals surface area contributed by atoms with Crippen molar-refractivity contribution in [3.8, 4) is 0 Å². The van der Waals surface area contributed by atoms with Gasteiger partial charge in [-0.25, -0.2) is 0 Å². The summed E-state index contributed by atoms with van der Waals surface area (Å²) in [7, 11) is 0. The first-order valence-electron chi connectivity index (χ1n) is 6.00. The first-order chi connectivity index (χ1) is 6.86. The van der Waals surface area contributed by atoms with Gasteiger partial charge in [0, 0.05) is 19.6 Å². The molecule has 2 nitrogen and oxygen atoms in total. The van der Waals surface area contributed by atoms with E-state index in [4.69, 9.17) is 0 Å². The molecule has 0 unspecified atom stereocenters. The molecule has 0 saturated heterocycles. The Morgan fingerprint density at radius 2 is 2.00 bits per heavy atom. The third kappa shape index (κ3) is 4.14. The largest absolute Gasteiger partial charge is 0.365 e. The molecular weight excluding hydrogens is 172 g/mol. The van der Waals surface area contributed by atoms with Crippen LogP contribution in [0, 0.1) is 0 Å². The molecule has 0 aromatic carbocycles. The number of hydrogen-bond acceptors (Lipinski definition) is 2. The van der Waals surface area contributed by atoms with Crippen LogP contribution in [0.1, 0.15) is 39.5 Å². The maximum absolute atomic E-state index is 2.53. The van der Waals surface area contributed by atoms with Crippen molar-refractivity contribution in [2.45, 2.75) is 39.5 Å². The van der Waals surface area contributed by atoms with Crippen LogP contribution in [0.15, 0.2) is 12.3 Å². The Morgan fingerprint density at radius 3 is 2.71 bits per heavy atom. The van der Waals surface area contributed by atoms with Crippen LogP contribution >= 0.6 is 0 Å². The molecule has 2 heteroatoms. The zero-order valence-electron chi connectivity index (χ0n) is 9.71. The molecule has 82 valence electrons. The first-order valence-corrected chi connectivity index (χ1v) is 6.00. The Kier molecular flexibility index (Phi) is 5.69. The van der Waals surface area contributed by atoms with E-state index in [-0.39, 0.29) is 0 Å². The Labute approximate surface area is 88.6 Å². The van der Waals surface area contributed by atoms with Gasteiger partial charge in [-0.15, -0.1) is 0 Å². The summed E-state index contributed by atoms with van der Waals surface area (Å²) < 4.78 is 0. The summed E-state index contributed by atoms with van der Waals surface area (Å²) in [6, 6.07) is 0. The van der Waals surface area contributed by atoms with E-state index < -0.39 is 0 Å². The van der Waals surface area contributed by atoms with Gasteiger partial charge in [0.1, 0.15) is 0 Å². The molecule has 0 atom stereocenters. The second kappa shape index (κ2) is 6.88. The van der Waals surface area contributed by atoms with Crippen molar-refractivity contribution in [1.82, 2.24) is 9.80 Å². The average Bonchev–Trinajstić information content (AvgIpc) is 2.25. The molecule has 0 aromatic heterocycles. The monoisotopic (exact) mass is 196 g/mol. The fourth-order valence-electron chi connectivity index (χ4n) is 1.84. The van der Waals surface area contributed by atoms with Gasteiger partial charge < -0.3 is 4.90 Å². The highest BCUT2D eigenvalue weighted by atomic mass is 15.3. The fraction of sp³-hybridized carbons (Fsp3) is 0.833. The molecule has 0 fully saturated rings. The maximum atomic E-state index is 2.53. The van der Waals surface area contributed by atoms with Crippen molar-refractivity contribution < 1.29 is 0 Å². The van der Waals surface area contributed by atoms with Gasteiger partial charge >= 0.3 is 0 Å². The van der Waals surface area contributed by atoms with Crippen LogP contribution < -0.4 is 0 Å². The lowest BCUT2D eigenvalue weighted by atomic mass is 10.2. The van der Waals surface area contributed by atoms with Crippen LogP contribution in [-0.2, 0) is 0 Å². The highest BCUT2D eigenvalue weighted by molar-refractivity contribution is 4.89. The Hall–Kier alpha value is -0.500. The van der Waals surface area contributed by atoms with Crippen molar-refractivity contribution in [3.05, 3.63) is 12.3 Å². The standard InChI is InChI=1S/C12H24N2/c1-3-5-6-7-9-14-11-8-10-13(4-2)12-14/h8,10H,3-7,9,11-12H2,1-2H3. The van der Waals surface area contributed by atoms with Crippen LogP contribution in [0.2, 0.25) is 0 Å². The second-order valence-electron chi connectivity index (χ2n) is 4.07. The zero-order chi connectivity index (χ0) is 10.2.